The summed E-state index contributed by atoms with van der Waals surface area (Å²) in [5, 5.41) is 0. The molecule has 2 rings (SSSR count). The van der Waals surface area contributed by atoms with Crippen molar-refractivity contribution in [2.75, 3.05) is 33.7 Å². The van der Waals surface area contributed by atoms with Crippen LogP contribution in [0.2, 0.25) is 0 Å². The van der Waals surface area contributed by atoms with Crippen LogP contribution in [0.5, 0.6) is 0 Å². The first kappa shape index (κ1) is 16.5. The molecule has 0 unspecified atom stereocenters. The Labute approximate surface area is 127 Å². The molecule has 21 heavy (non-hydrogen) atoms. The van der Waals surface area contributed by atoms with Gasteiger partial charge in [-0.1, -0.05) is 12.8 Å². The Hall–Kier alpha value is -0.890. The molecular formula is C14H25N3O3S. The van der Waals surface area contributed by atoms with Crippen LogP contribution in [0, 0.1) is 0 Å². The number of nitrogens with zero attached hydrogens (tertiary/aromatic N) is 2. The van der Waals surface area contributed by atoms with Gasteiger partial charge in [-0.3, -0.25) is 4.90 Å². The van der Waals surface area contributed by atoms with E-state index in [2.05, 4.69) is 4.72 Å². The van der Waals surface area contributed by atoms with Crippen molar-refractivity contribution in [2.24, 2.45) is 0 Å². The van der Waals surface area contributed by atoms with Crippen LogP contribution in [0.1, 0.15) is 37.5 Å². The molecule has 1 aliphatic heterocycles. The fourth-order valence-electron chi connectivity index (χ4n) is 2.58. The van der Waals surface area contributed by atoms with Gasteiger partial charge in [-0.15, -0.1) is 0 Å². The molecule has 0 spiro atoms. The van der Waals surface area contributed by atoms with Gasteiger partial charge in [0.05, 0.1) is 12.3 Å². The molecule has 6 nitrogen and oxygen atoms in total. The number of likely N-dealkylation sites (N-methyl/N-ethyl adjacent to an activating group) is 1. The van der Waals surface area contributed by atoms with Crippen molar-refractivity contribution in [1.82, 2.24) is 13.9 Å². The molecule has 0 aromatic carbocycles. The zero-order chi connectivity index (χ0) is 15.3. The summed E-state index contributed by atoms with van der Waals surface area (Å²) in [7, 11) is 0.409. The highest BCUT2D eigenvalue weighted by Gasteiger charge is 2.25. The van der Waals surface area contributed by atoms with Gasteiger partial charge in [0.15, 0.2) is 0 Å². The Bertz CT molecular complexity index is 506. The van der Waals surface area contributed by atoms with Crippen molar-refractivity contribution < 1.29 is 12.8 Å². The summed E-state index contributed by atoms with van der Waals surface area (Å²) in [6.45, 7) is 1.53. The number of hydrogen-bond donors (Lipinski definition) is 1. The van der Waals surface area contributed by atoms with Gasteiger partial charge >= 0.3 is 0 Å². The highest BCUT2D eigenvalue weighted by molar-refractivity contribution is 7.87. The Morgan fingerprint density at radius 1 is 1.29 bits per heavy atom. The number of hydrogen-bond acceptors (Lipinski definition) is 4. The molecule has 0 aliphatic carbocycles. The van der Waals surface area contributed by atoms with Crippen LogP contribution in [0.25, 0.3) is 0 Å². The molecule has 0 saturated carbocycles. The molecule has 1 aromatic rings. The van der Waals surface area contributed by atoms with E-state index in [-0.39, 0.29) is 6.04 Å². The molecule has 0 amide bonds. The molecule has 120 valence electrons. The molecule has 1 aliphatic rings. The number of nitrogens with one attached hydrogen (secondary N) is 1. The summed E-state index contributed by atoms with van der Waals surface area (Å²) >= 11 is 0. The molecular weight excluding hydrogens is 290 g/mol. The lowest BCUT2D eigenvalue weighted by Crippen LogP contribution is -2.44. The van der Waals surface area contributed by atoms with E-state index >= 15 is 0 Å². The summed E-state index contributed by atoms with van der Waals surface area (Å²) < 4.78 is 34.5. The van der Waals surface area contributed by atoms with Crippen molar-refractivity contribution in [2.45, 2.75) is 31.7 Å². The summed E-state index contributed by atoms with van der Waals surface area (Å²) in [5.74, 6) is 0.763. The van der Waals surface area contributed by atoms with Gasteiger partial charge in [0, 0.05) is 19.6 Å². The van der Waals surface area contributed by atoms with Crippen LogP contribution in [0.3, 0.4) is 0 Å². The minimum Gasteiger partial charge on any atom is -0.468 e. The van der Waals surface area contributed by atoms with E-state index in [1.165, 1.54) is 0 Å². The van der Waals surface area contributed by atoms with Crippen molar-refractivity contribution in [3.63, 3.8) is 0 Å². The second-order valence-electron chi connectivity index (χ2n) is 5.66. The van der Waals surface area contributed by atoms with E-state index in [1.54, 1.807) is 10.6 Å². The Morgan fingerprint density at radius 3 is 2.48 bits per heavy atom. The maximum atomic E-state index is 12.4. The first-order valence-corrected chi connectivity index (χ1v) is 8.89. The summed E-state index contributed by atoms with van der Waals surface area (Å²) in [6, 6.07) is 3.57. The van der Waals surface area contributed by atoms with Crippen molar-refractivity contribution >= 4 is 10.2 Å². The lowest BCUT2D eigenvalue weighted by molar-refractivity contribution is 0.257. The molecule has 0 bridgehead atoms. The standard InChI is InChI=1S/C14H25N3O3S/c1-16(2)13(14-8-7-11-20-14)12-15-21(18,19)17-9-5-3-4-6-10-17/h7-8,11,13,15H,3-6,9-10,12H2,1-2H3/t13-/m1/s1. The average Bonchev–Trinajstić information content (AvgIpc) is 2.79. The van der Waals surface area contributed by atoms with Gasteiger partial charge in [-0.05, 0) is 39.1 Å². The highest BCUT2D eigenvalue weighted by atomic mass is 32.2. The Kier molecular flexibility index (Phi) is 5.80. The molecule has 1 N–H and O–H groups in total. The zero-order valence-electron chi connectivity index (χ0n) is 12.8. The first-order valence-electron chi connectivity index (χ1n) is 7.45. The molecule has 0 radical (unpaired) electrons. The molecule has 2 heterocycles. The van der Waals surface area contributed by atoms with Crippen molar-refractivity contribution in [1.29, 1.82) is 0 Å². The normalized spacial score (nSPS) is 19.6. The van der Waals surface area contributed by atoms with Crippen LogP contribution >= 0.6 is 0 Å². The molecule has 1 saturated heterocycles. The molecule has 1 atom stereocenters. The van der Waals surface area contributed by atoms with Crippen LogP contribution in [-0.4, -0.2) is 51.4 Å². The Balaban J connectivity index is 1.99. The predicted octanol–water partition coefficient (Wildman–Crippen LogP) is 1.59. The van der Waals surface area contributed by atoms with Gasteiger partial charge in [-0.25, -0.2) is 4.72 Å². The van der Waals surface area contributed by atoms with E-state index in [4.69, 9.17) is 4.42 Å². The van der Waals surface area contributed by atoms with Crippen LogP contribution in [-0.2, 0) is 10.2 Å². The van der Waals surface area contributed by atoms with E-state index in [0.29, 0.717) is 19.6 Å². The average molecular weight is 315 g/mol. The first-order chi connectivity index (χ1) is 10.0. The van der Waals surface area contributed by atoms with E-state index < -0.39 is 10.2 Å². The van der Waals surface area contributed by atoms with Gasteiger partial charge in [0.2, 0.25) is 0 Å². The quantitative estimate of drug-likeness (QED) is 0.866. The van der Waals surface area contributed by atoms with Crippen LogP contribution < -0.4 is 4.72 Å². The number of furan rings is 1. The number of rotatable bonds is 6. The maximum Gasteiger partial charge on any atom is 0.279 e. The van der Waals surface area contributed by atoms with Gasteiger partial charge in [-0.2, -0.15) is 12.7 Å². The smallest absolute Gasteiger partial charge is 0.279 e. The predicted molar refractivity (Wildman–Crippen MR) is 82.1 cm³/mol. The van der Waals surface area contributed by atoms with Crippen molar-refractivity contribution in [3.8, 4) is 0 Å². The van der Waals surface area contributed by atoms with Gasteiger partial charge in [0.25, 0.3) is 10.2 Å². The van der Waals surface area contributed by atoms with Gasteiger partial charge in [0.1, 0.15) is 5.76 Å². The second kappa shape index (κ2) is 7.40. The van der Waals surface area contributed by atoms with Gasteiger partial charge < -0.3 is 4.42 Å². The largest absolute Gasteiger partial charge is 0.468 e. The Morgan fingerprint density at radius 2 is 1.95 bits per heavy atom. The lowest BCUT2D eigenvalue weighted by Gasteiger charge is -2.25. The van der Waals surface area contributed by atoms with E-state index in [9.17, 15) is 8.42 Å². The molecule has 1 fully saturated rings. The minimum atomic E-state index is -3.41. The monoisotopic (exact) mass is 315 g/mol. The van der Waals surface area contributed by atoms with E-state index in [0.717, 1.165) is 31.4 Å². The highest BCUT2D eigenvalue weighted by Crippen LogP contribution is 2.19. The van der Waals surface area contributed by atoms with Crippen LogP contribution in [0.15, 0.2) is 22.8 Å². The van der Waals surface area contributed by atoms with E-state index in [1.807, 2.05) is 31.1 Å². The zero-order valence-corrected chi connectivity index (χ0v) is 13.6. The fourth-order valence-corrected chi connectivity index (χ4v) is 3.87. The summed E-state index contributed by atoms with van der Waals surface area (Å²) in [6.07, 6.45) is 5.71. The second-order valence-corrected chi connectivity index (χ2v) is 7.42. The summed E-state index contributed by atoms with van der Waals surface area (Å²) in [4.78, 5) is 1.95. The third-order valence-corrected chi connectivity index (χ3v) is 5.44. The molecule has 1 aromatic heterocycles. The lowest BCUT2D eigenvalue weighted by atomic mass is 10.2. The van der Waals surface area contributed by atoms with Crippen LogP contribution in [0.4, 0.5) is 0 Å². The minimum absolute atomic E-state index is 0.109. The summed E-state index contributed by atoms with van der Waals surface area (Å²) in [5.41, 5.74) is 0. The maximum absolute atomic E-state index is 12.4. The third kappa shape index (κ3) is 4.54. The fraction of sp³-hybridized carbons (Fsp3) is 0.714. The van der Waals surface area contributed by atoms with Crippen molar-refractivity contribution in [3.05, 3.63) is 24.2 Å². The molecule has 7 heteroatoms. The SMILES string of the molecule is CN(C)[C@H](CNS(=O)(=O)N1CCCCCC1)c1ccco1. The third-order valence-electron chi connectivity index (χ3n) is 3.86. The topological polar surface area (TPSA) is 65.8 Å².